The summed E-state index contributed by atoms with van der Waals surface area (Å²) in [6, 6.07) is 0. The molecule has 1 aliphatic carbocycles. The maximum absolute atomic E-state index is 12.2. The zero-order valence-electron chi connectivity index (χ0n) is 15.3. The summed E-state index contributed by atoms with van der Waals surface area (Å²) in [7, 11) is 0. The minimum absolute atomic E-state index is 0.0160. The number of rotatable bonds is 5. The molecule has 0 radical (unpaired) electrons. The molecule has 1 saturated carbocycles. The van der Waals surface area contributed by atoms with E-state index in [2.05, 4.69) is 5.92 Å². The third kappa shape index (κ3) is 4.57. The van der Waals surface area contributed by atoms with Gasteiger partial charge in [-0.15, -0.1) is 6.42 Å². The van der Waals surface area contributed by atoms with E-state index in [1.165, 1.54) is 6.08 Å². The van der Waals surface area contributed by atoms with Crippen LogP contribution in [0.4, 0.5) is 0 Å². The molecule has 0 amide bonds. The van der Waals surface area contributed by atoms with Crippen molar-refractivity contribution in [2.45, 2.75) is 64.3 Å². The van der Waals surface area contributed by atoms with Gasteiger partial charge in [-0.1, -0.05) is 18.8 Å². The van der Waals surface area contributed by atoms with Crippen molar-refractivity contribution in [3.05, 3.63) is 11.8 Å². The number of esters is 3. The van der Waals surface area contributed by atoms with Gasteiger partial charge in [0, 0.05) is 19.8 Å². The van der Waals surface area contributed by atoms with E-state index >= 15 is 0 Å². The Hall–Kier alpha value is -2.49. The van der Waals surface area contributed by atoms with Gasteiger partial charge in [-0.2, -0.15) is 0 Å². The van der Waals surface area contributed by atoms with Crippen LogP contribution in [0.3, 0.4) is 0 Å². The van der Waals surface area contributed by atoms with Gasteiger partial charge in [0.05, 0.1) is 19.1 Å². The van der Waals surface area contributed by atoms with Crippen LogP contribution in [0.2, 0.25) is 0 Å². The number of carbonyl (C=O) groups is 3. The second-order valence-electron chi connectivity index (χ2n) is 6.84. The average Bonchev–Trinajstić information content (AvgIpc) is 3.07. The van der Waals surface area contributed by atoms with Gasteiger partial charge in [-0.3, -0.25) is 0 Å². The molecule has 7 heteroatoms. The minimum atomic E-state index is -1.39. The van der Waals surface area contributed by atoms with E-state index in [1.807, 2.05) is 0 Å². The summed E-state index contributed by atoms with van der Waals surface area (Å²) in [5, 5.41) is 0. The van der Waals surface area contributed by atoms with E-state index in [-0.39, 0.29) is 24.7 Å². The Morgan fingerprint density at radius 2 is 1.96 bits per heavy atom. The standard InChI is InChI=1S/C19H24O7/c1-5-19(13-9-7-8-10-13,26-17(22)16(21)23-6-2)12-14-11-15(20)25-18(3,4)24-14/h1,11,13H,6-10,12H2,2-4H3. The molecule has 0 saturated heterocycles. The van der Waals surface area contributed by atoms with Crippen LogP contribution in [0.5, 0.6) is 0 Å². The van der Waals surface area contributed by atoms with Crippen LogP contribution < -0.4 is 0 Å². The number of ether oxygens (including phenoxy) is 4. The fraction of sp³-hybridized carbons (Fsp3) is 0.632. The van der Waals surface area contributed by atoms with Gasteiger partial charge in [0.15, 0.2) is 5.60 Å². The van der Waals surface area contributed by atoms with Crippen molar-refractivity contribution in [1.82, 2.24) is 0 Å². The molecule has 1 unspecified atom stereocenters. The first kappa shape index (κ1) is 19.8. The largest absolute Gasteiger partial charge is 0.458 e. The van der Waals surface area contributed by atoms with Crippen molar-refractivity contribution in [1.29, 1.82) is 0 Å². The Kier molecular flexibility index (Phi) is 5.96. The molecule has 2 rings (SSSR count). The van der Waals surface area contributed by atoms with E-state index in [0.717, 1.165) is 25.7 Å². The fourth-order valence-corrected chi connectivity index (χ4v) is 3.37. The van der Waals surface area contributed by atoms with Gasteiger partial charge < -0.3 is 18.9 Å². The predicted octanol–water partition coefficient (Wildman–Crippen LogP) is 2.24. The highest BCUT2D eigenvalue weighted by atomic mass is 16.7. The van der Waals surface area contributed by atoms with Gasteiger partial charge in [-0.25, -0.2) is 14.4 Å². The molecule has 2 aliphatic rings. The van der Waals surface area contributed by atoms with Crippen molar-refractivity contribution in [3.8, 4) is 12.3 Å². The molecule has 1 heterocycles. The highest BCUT2D eigenvalue weighted by Crippen LogP contribution is 2.41. The minimum Gasteiger partial charge on any atom is -0.458 e. The lowest BCUT2D eigenvalue weighted by Crippen LogP contribution is -2.44. The quantitative estimate of drug-likeness (QED) is 0.320. The van der Waals surface area contributed by atoms with Crippen molar-refractivity contribution < 1.29 is 33.3 Å². The number of hydrogen-bond acceptors (Lipinski definition) is 7. The molecular formula is C19H24O7. The molecule has 1 fully saturated rings. The van der Waals surface area contributed by atoms with E-state index in [9.17, 15) is 14.4 Å². The molecule has 26 heavy (non-hydrogen) atoms. The van der Waals surface area contributed by atoms with Crippen LogP contribution in [-0.2, 0) is 33.3 Å². The van der Waals surface area contributed by atoms with Crippen LogP contribution in [0, 0.1) is 18.3 Å². The molecule has 0 bridgehead atoms. The fourth-order valence-electron chi connectivity index (χ4n) is 3.37. The second-order valence-corrected chi connectivity index (χ2v) is 6.84. The zero-order valence-corrected chi connectivity index (χ0v) is 15.3. The zero-order chi connectivity index (χ0) is 19.4. The third-order valence-corrected chi connectivity index (χ3v) is 4.41. The summed E-state index contributed by atoms with van der Waals surface area (Å²) in [4.78, 5) is 35.7. The van der Waals surface area contributed by atoms with Crippen LogP contribution in [-0.4, -0.2) is 35.9 Å². The predicted molar refractivity (Wildman–Crippen MR) is 90.2 cm³/mol. The molecule has 0 aromatic heterocycles. The van der Waals surface area contributed by atoms with Gasteiger partial charge in [-0.05, 0) is 19.8 Å². The highest BCUT2D eigenvalue weighted by Gasteiger charge is 2.46. The molecule has 142 valence electrons. The lowest BCUT2D eigenvalue weighted by Gasteiger charge is -2.37. The second kappa shape index (κ2) is 7.81. The smallest absolute Gasteiger partial charge is 0.419 e. The summed E-state index contributed by atoms with van der Waals surface area (Å²) >= 11 is 0. The first-order valence-corrected chi connectivity index (χ1v) is 8.72. The van der Waals surface area contributed by atoms with E-state index in [1.54, 1.807) is 20.8 Å². The molecule has 1 atom stereocenters. The first-order valence-electron chi connectivity index (χ1n) is 8.72. The number of carbonyl (C=O) groups excluding carboxylic acids is 3. The summed E-state index contributed by atoms with van der Waals surface area (Å²) in [5.74, 6) is -1.29. The topological polar surface area (TPSA) is 88.1 Å². The van der Waals surface area contributed by atoms with Crippen LogP contribution in [0.25, 0.3) is 0 Å². The van der Waals surface area contributed by atoms with Crippen LogP contribution >= 0.6 is 0 Å². The first-order chi connectivity index (χ1) is 12.2. The van der Waals surface area contributed by atoms with Crippen molar-refractivity contribution >= 4 is 17.9 Å². The number of hydrogen-bond donors (Lipinski definition) is 0. The number of cyclic esters (lactones) is 1. The highest BCUT2D eigenvalue weighted by molar-refractivity contribution is 6.29. The molecule has 0 aromatic rings. The molecule has 0 N–H and O–H groups in total. The lowest BCUT2D eigenvalue weighted by atomic mass is 9.82. The normalized spacial score (nSPS) is 21.5. The van der Waals surface area contributed by atoms with Crippen molar-refractivity contribution in [2.75, 3.05) is 6.61 Å². The molecule has 0 aromatic carbocycles. The van der Waals surface area contributed by atoms with E-state index in [4.69, 9.17) is 25.4 Å². The van der Waals surface area contributed by atoms with E-state index < -0.39 is 29.3 Å². The van der Waals surface area contributed by atoms with Gasteiger partial charge in [0.25, 0.3) is 0 Å². The average molecular weight is 364 g/mol. The number of terminal acetylenes is 1. The lowest BCUT2D eigenvalue weighted by molar-refractivity contribution is -0.209. The molecule has 1 aliphatic heterocycles. The van der Waals surface area contributed by atoms with Gasteiger partial charge in [0.1, 0.15) is 5.76 Å². The van der Waals surface area contributed by atoms with E-state index in [0.29, 0.717) is 0 Å². The maximum Gasteiger partial charge on any atom is 0.419 e. The summed E-state index contributed by atoms with van der Waals surface area (Å²) in [6.45, 7) is 4.82. The Morgan fingerprint density at radius 3 is 2.50 bits per heavy atom. The summed E-state index contributed by atoms with van der Waals surface area (Å²) in [5.41, 5.74) is -1.39. The van der Waals surface area contributed by atoms with Crippen LogP contribution in [0.1, 0.15) is 52.9 Å². The maximum atomic E-state index is 12.2. The molecule has 0 spiro atoms. The van der Waals surface area contributed by atoms with Gasteiger partial charge >= 0.3 is 17.9 Å². The monoisotopic (exact) mass is 364 g/mol. The Morgan fingerprint density at radius 1 is 1.31 bits per heavy atom. The SMILES string of the molecule is C#CC(CC1=CC(=O)OC(C)(C)O1)(OC(=O)C(=O)OCC)C1CCCC1. The summed E-state index contributed by atoms with van der Waals surface area (Å²) < 4.78 is 20.9. The Balaban J connectivity index is 2.29. The Labute approximate surface area is 153 Å². The third-order valence-electron chi connectivity index (χ3n) is 4.41. The summed E-state index contributed by atoms with van der Waals surface area (Å²) in [6.07, 6.45) is 10.3. The van der Waals surface area contributed by atoms with Crippen molar-refractivity contribution in [3.63, 3.8) is 0 Å². The van der Waals surface area contributed by atoms with Gasteiger partial charge in [0.2, 0.25) is 5.79 Å². The Bertz CT molecular complexity index is 649. The van der Waals surface area contributed by atoms with Crippen LogP contribution in [0.15, 0.2) is 11.8 Å². The molecular weight excluding hydrogens is 340 g/mol. The van der Waals surface area contributed by atoms with Crippen molar-refractivity contribution in [2.24, 2.45) is 5.92 Å². The molecule has 7 nitrogen and oxygen atoms in total.